The molecule has 7 nitrogen and oxygen atoms in total. The molecule has 0 saturated heterocycles. The minimum atomic E-state index is -1.13. The van der Waals surface area contributed by atoms with Crippen molar-refractivity contribution in [2.75, 3.05) is 5.75 Å². The molecule has 0 fully saturated rings. The van der Waals surface area contributed by atoms with Gasteiger partial charge in [-0.3, -0.25) is 0 Å². The fraction of sp³-hybridized carbons (Fsp3) is 0.700. The fourth-order valence-electron chi connectivity index (χ4n) is 1.10. The number of thiol groups is 1. The van der Waals surface area contributed by atoms with Gasteiger partial charge in [-0.05, 0) is 0 Å². The zero-order valence-corrected chi connectivity index (χ0v) is 12.8. The topological polar surface area (TPSA) is 130 Å². The molecule has 0 aliphatic heterocycles. The van der Waals surface area contributed by atoms with Gasteiger partial charge in [0, 0.05) is 0 Å². The van der Waals surface area contributed by atoms with Gasteiger partial charge in [0.2, 0.25) is 0 Å². The number of aliphatic carboxylic acids is 2. The number of carbonyl (C=O) groups is 3. The molecule has 0 aliphatic carbocycles. The van der Waals surface area contributed by atoms with Crippen molar-refractivity contribution in [1.29, 1.82) is 0 Å². The molecule has 2 unspecified atom stereocenters. The number of carboxylic acid groups (broad SMARTS) is 2. The number of hydrogen-bond acceptors (Lipinski definition) is 6. The second kappa shape index (κ2) is 10.2. The number of carboxylic acids is 2. The molecule has 0 spiro atoms. The second-order valence-corrected chi connectivity index (χ2v) is 5.98. The number of hydrogen-bond donors (Lipinski definition) is 5. The summed E-state index contributed by atoms with van der Waals surface area (Å²) in [6.45, 7) is 0. The van der Waals surface area contributed by atoms with Crippen LogP contribution >= 0.6 is 12.6 Å². The Balaban J connectivity index is 3.84. The van der Waals surface area contributed by atoms with Crippen LogP contribution in [-0.2, 0) is 14.4 Å². The van der Waals surface area contributed by atoms with Gasteiger partial charge in [0.15, 0.2) is 0 Å². The van der Waals surface area contributed by atoms with E-state index in [1.807, 2.05) is 0 Å². The summed E-state index contributed by atoms with van der Waals surface area (Å²) >= 11 is 3.64. The summed E-state index contributed by atoms with van der Waals surface area (Å²) < 4.78 is 2.81. The van der Waals surface area contributed by atoms with Crippen molar-refractivity contribution in [3.05, 3.63) is 0 Å². The fourth-order valence-corrected chi connectivity index (χ4v) is 3.05. The number of Topliss-reactive ketones (excluding diaryl/α,β-unsaturated/α-hetero) is 1. The Hall–Kier alpha value is -0.601. The monoisotopic (exact) mass is 358 g/mol. The van der Waals surface area contributed by atoms with Crippen LogP contribution in [0.4, 0.5) is 0 Å². The van der Waals surface area contributed by atoms with Gasteiger partial charge in [-0.15, -0.1) is 0 Å². The van der Waals surface area contributed by atoms with E-state index in [1.54, 1.807) is 0 Å². The summed E-state index contributed by atoms with van der Waals surface area (Å²) in [5.41, 5.74) is 5.27. The molecule has 0 radical (unpaired) electrons. The van der Waals surface area contributed by atoms with Gasteiger partial charge in [-0.25, -0.2) is 0 Å². The van der Waals surface area contributed by atoms with Crippen molar-refractivity contribution in [2.24, 2.45) is 5.73 Å². The van der Waals surface area contributed by atoms with Crippen LogP contribution in [0.2, 0.25) is 5.32 Å². The Labute approximate surface area is 123 Å². The van der Waals surface area contributed by atoms with Crippen molar-refractivity contribution < 1.29 is 24.6 Å². The Kier molecular flexibility index (Phi) is 9.90. The van der Waals surface area contributed by atoms with Gasteiger partial charge < -0.3 is 0 Å². The van der Waals surface area contributed by atoms with Crippen molar-refractivity contribution in [2.45, 2.75) is 36.7 Å². The molecule has 0 amide bonds. The van der Waals surface area contributed by atoms with Crippen LogP contribution in [0.25, 0.3) is 0 Å². The van der Waals surface area contributed by atoms with Gasteiger partial charge in [0.05, 0.1) is 0 Å². The van der Waals surface area contributed by atoms with E-state index in [2.05, 4.69) is 17.0 Å². The molecular formula is C10H18N2O5SSe. The molecule has 0 rings (SSSR count). The maximum absolute atomic E-state index is 11.4. The summed E-state index contributed by atoms with van der Waals surface area (Å²) in [6, 6.07) is -1.72. The van der Waals surface area contributed by atoms with Crippen LogP contribution in [0, 0.1) is 0 Å². The third kappa shape index (κ3) is 9.01. The van der Waals surface area contributed by atoms with Crippen LogP contribution < -0.4 is 10.1 Å². The molecule has 5 N–H and O–H groups in total. The third-order valence-corrected chi connectivity index (χ3v) is 4.41. The zero-order chi connectivity index (χ0) is 14.8. The SMILES string of the molecule is NC(CCC(=O)C[Se]NC(CCS)C(=O)O)C(=O)O. The van der Waals surface area contributed by atoms with Gasteiger partial charge in [-0.1, -0.05) is 0 Å². The molecule has 0 aromatic heterocycles. The van der Waals surface area contributed by atoms with E-state index in [9.17, 15) is 14.4 Å². The average Bonchev–Trinajstić information content (AvgIpc) is 2.34. The Bertz CT molecular complexity index is 329. The van der Waals surface area contributed by atoms with Gasteiger partial charge in [0.25, 0.3) is 0 Å². The van der Waals surface area contributed by atoms with Crippen molar-refractivity contribution >= 4 is 45.5 Å². The van der Waals surface area contributed by atoms with Crippen molar-refractivity contribution in [3.63, 3.8) is 0 Å². The second-order valence-electron chi connectivity index (χ2n) is 3.83. The Morgan fingerprint density at radius 1 is 1.21 bits per heavy atom. The molecule has 0 saturated carbocycles. The molecule has 9 heteroatoms. The molecule has 0 bridgehead atoms. The van der Waals surface area contributed by atoms with Crippen LogP contribution in [0.15, 0.2) is 0 Å². The normalized spacial score (nSPS) is 13.8. The van der Waals surface area contributed by atoms with Crippen LogP contribution in [0.5, 0.6) is 0 Å². The van der Waals surface area contributed by atoms with Crippen molar-refractivity contribution in [3.8, 4) is 0 Å². The minimum absolute atomic E-state index is 0.0984. The van der Waals surface area contributed by atoms with Gasteiger partial charge in [0.1, 0.15) is 0 Å². The molecule has 0 aliphatic rings. The van der Waals surface area contributed by atoms with E-state index < -0.39 is 24.0 Å². The Morgan fingerprint density at radius 3 is 2.32 bits per heavy atom. The predicted molar refractivity (Wildman–Crippen MR) is 73.4 cm³/mol. The average molecular weight is 357 g/mol. The number of ketones is 1. The summed E-state index contributed by atoms with van der Waals surface area (Å²) in [5.74, 6) is -1.76. The summed E-state index contributed by atoms with van der Waals surface area (Å²) in [5, 5.41) is 17.6. The first-order valence-electron chi connectivity index (χ1n) is 5.59. The summed E-state index contributed by atoms with van der Waals surface area (Å²) in [6.07, 6.45) is 0.586. The van der Waals surface area contributed by atoms with Crippen LogP contribution in [0.1, 0.15) is 19.3 Å². The van der Waals surface area contributed by atoms with E-state index in [1.165, 1.54) is 0 Å². The first kappa shape index (κ1) is 18.4. The zero-order valence-electron chi connectivity index (χ0n) is 10.2. The number of rotatable bonds is 11. The Morgan fingerprint density at radius 2 is 1.84 bits per heavy atom. The van der Waals surface area contributed by atoms with Crippen molar-refractivity contribution in [1.82, 2.24) is 4.33 Å². The van der Waals surface area contributed by atoms with E-state index in [0.29, 0.717) is 12.2 Å². The van der Waals surface area contributed by atoms with E-state index in [0.717, 1.165) is 0 Å². The number of carbonyl (C=O) groups excluding carboxylic acids is 1. The van der Waals surface area contributed by atoms with E-state index in [4.69, 9.17) is 15.9 Å². The number of nitrogens with one attached hydrogen (secondary N) is 1. The first-order valence-corrected chi connectivity index (χ1v) is 8.29. The summed E-state index contributed by atoms with van der Waals surface area (Å²) in [7, 11) is 0. The first-order chi connectivity index (χ1) is 8.88. The van der Waals surface area contributed by atoms with E-state index in [-0.39, 0.29) is 39.1 Å². The van der Waals surface area contributed by atoms with Crippen LogP contribution in [-0.4, -0.2) is 60.9 Å². The maximum atomic E-state index is 11.4. The molecule has 110 valence electrons. The van der Waals surface area contributed by atoms with E-state index >= 15 is 0 Å². The molecular weight excluding hydrogens is 339 g/mol. The third-order valence-electron chi connectivity index (χ3n) is 2.23. The molecule has 19 heavy (non-hydrogen) atoms. The molecule has 0 heterocycles. The number of nitrogens with two attached hydrogens (primary N) is 1. The quantitative estimate of drug-likeness (QED) is 0.240. The predicted octanol–water partition coefficient (Wildman–Crippen LogP) is -0.852. The molecule has 0 aromatic carbocycles. The van der Waals surface area contributed by atoms with Crippen LogP contribution in [0.3, 0.4) is 0 Å². The molecule has 2 atom stereocenters. The van der Waals surface area contributed by atoms with Gasteiger partial charge >= 0.3 is 123 Å². The van der Waals surface area contributed by atoms with Gasteiger partial charge in [-0.2, -0.15) is 0 Å². The standard InChI is InChI=1S/C10H18N2O5SSe/c11-7(9(14)15)2-1-6(13)5-19-12-8(3-4-18)10(16)17/h7-8,12,18H,1-5,11H2,(H,14,15)(H,16,17). The molecule has 0 aromatic rings. The summed E-state index contributed by atoms with van der Waals surface area (Å²) in [4.78, 5) is 32.7.